The number of aromatic nitrogens is 1. The molecule has 0 N–H and O–H groups in total. The fourth-order valence-electron chi connectivity index (χ4n) is 1.77. The zero-order valence-electron chi connectivity index (χ0n) is 9.51. The molecule has 0 aliphatic carbocycles. The van der Waals surface area contributed by atoms with Gasteiger partial charge < -0.3 is 0 Å². The van der Waals surface area contributed by atoms with Gasteiger partial charge in [0.1, 0.15) is 5.01 Å². The van der Waals surface area contributed by atoms with Gasteiger partial charge in [0.15, 0.2) is 0 Å². The van der Waals surface area contributed by atoms with Gasteiger partial charge in [-0.3, -0.25) is 0 Å². The second-order valence-corrected chi connectivity index (χ2v) is 5.15. The van der Waals surface area contributed by atoms with Gasteiger partial charge in [-0.25, -0.2) is 4.98 Å². The highest BCUT2D eigenvalue weighted by molar-refractivity contribution is 7.13. The van der Waals surface area contributed by atoms with Crippen molar-refractivity contribution in [3.05, 3.63) is 65.0 Å². The Balaban J connectivity index is 2.03. The number of hydrogen-bond donors (Lipinski definition) is 0. The molecule has 1 heterocycles. The third-order valence-corrected chi connectivity index (χ3v) is 3.88. The van der Waals surface area contributed by atoms with E-state index in [9.17, 15) is 0 Å². The summed E-state index contributed by atoms with van der Waals surface area (Å²) in [6.45, 7) is 0. The first-order valence-corrected chi connectivity index (χ1v) is 6.86. The summed E-state index contributed by atoms with van der Waals surface area (Å²) in [6.07, 6.45) is 0. The van der Waals surface area contributed by atoms with Crippen LogP contribution >= 0.6 is 22.9 Å². The molecule has 2 aromatic carbocycles. The predicted molar refractivity (Wildman–Crippen MR) is 78.0 cm³/mol. The average molecular weight is 272 g/mol. The topological polar surface area (TPSA) is 12.9 Å². The van der Waals surface area contributed by atoms with Gasteiger partial charge in [-0.2, -0.15) is 0 Å². The lowest BCUT2D eigenvalue weighted by Crippen LogP contribution is -1.80. The quantitative estimate of drug-likeness (QED) is 0.630. The minimum Gasteiger partial charge on any atom is -0.236 e. The maximum Gasteiger partial charge on any atom is 0.125 e. The van der Waals surface area contributed by atoms with E-state index in [1.54, 1.807) is 11.3 Å². The first kappa shape index (κ1) is 11.5. The molecule has 0 unspecified atom stereocenters. The van der Waals surface area contributed by atoms with Gasteiger partial charge in [0.2, 0.25) is 0 Å². The van der Waals surface area contributed by atoms with Crippen LogP contribution in [0.15, 0.2) is 60.0 Å². The normalized spacial score (nSPS) is 10.5. The zero-order valence-corrected chi connectivity index (χ0v) is 11.1. The molecule has 3 heteroatoms. The lowest BCUT2D eigenvalue weighted by molar-refractivity contribution is 1.40. The van der Waals surface area contributed by atoms with Gasteiger partial charge in [-0.1, -0.05) is 60.1 Å². The second kappa shape index (κ2) is 4.92. The number of halogens is 1. The molecule has 0 spiro atoms. The molecule has 0 radical (unpaired) electrons. The maximum atomic E-state index is 6.18. The van der Waals surface area contributed by atoms with Crippen molar-refractivity contribution in [3.63, 3.8) is 0 Å². The summed E-state index contributed by atoms with van der Waals surface area (Å²) >= 11 is 7.80. The van der Waals surface area contributed by atoms with Crippen LogP contribution < -0.4 is 0 Å². The van der Waals surface area contributed by atoms with E-state index in [0.29, 0.717) is 0 Å². The van der Waals surface area contributed by atoms with E-state index in [-0.39, 0.29) is 0 Å². The van der Waals surface area contributed by atoms with Gasteiger partial charge in [0.25, 0.3) is 0 Å². The Morgan fingerprint density at radius 3 is 2.39 bits per heavy atom. The van der Waals surface area contributed by atoms with E-state index in [0.717, 1.165) is 26.9 Å². The standard InChI is InChI=1S/C15H10ClNS/c16-13-9-5-4-8-12(13)15-17-14(10-18-15)11-6-2-1-3-7-11/h1-10H. The van der Waals surface area contributed by atoms with Crippen molar-refractivity contribution in [2.75, 3.05) is 0 Å². The van der Waals surface area contributed by atoms with Crippen molar-refractivity contribution in [3.8, 4) is 21.8 Å². The van der Waals surface area contributed by atoms with Crippen LogP contribution in [-0.2, 0) is 0 Å². The Bertz CT molecular complexity index is 661. The fraction of sp³-hybridized carbons (Fsp3) is 0. The van der Waals surface area contributed by atoms with Crippen molar-refractivity contribution in [2.24, 2.45) is 0 Å². The highest BCUT2D eigenvalue weighted by Gasteiger charge is 2.08. The van der Waals surface area contributed by atoms with Crippen LogP contribution in [0.4, 0.5) is 0 Å². The molecule has 1 aromatic heterocycles. The van der Waals surface area contributed by atoms with Crippen molar-refractivity contribution in [1.29, 1.82) is 0 Å². The molecule has 0 amide bonds. The molecule has 0 saturated heterocycles. The van der Waals surface area contributed by atoms with E-state index in [2.05, 4.69) is 22.5 Å². The van der Waals surface area contributed by atoms with E-state index in [4.69, 9.17) is 11.6 Å². The van der Waals surface area contributed by atoms with Crippen LogP contribution in [0, 0.1) is 0 Å². The Morgan fingerprint density at radius 2 is 1.61 bits per heavy atom. The van der Waals surface area contributed by atoms with Crippen LogP contribution in [0.1, 0.15) is 0 Å². The lowest BCUT2D eigenvalue weighted by Gasteiger charge is -1.98. The lowest BCUT2D eigenvalue weighted by atomic mass is 10.2. The summed E-state index contributed by atoms with van der Waals surface area (Å²) < 4.78 is 0. The molecule has 0 bridgehead atoms. The number of thiazole rings is 1. The van der Waals surface area contributed by atoms with Crippen molar-refractivity contribution < 1.29 is 0 Å². The molecule has 3 aromatic rings. The monoisotopic (exact) mass is 271 g/mol. The van der Waals surface area contributed by atoms with E-state index in [1.165, 1.54) is 0 Å². The SMILES string of the molecule is Clc1ccccc1-c1nc(-c2ccccc2)cs1. The summed E-state index contributed by atoms with van der Waals surface area (Å²) in [5.74, 6) is 0. The summed E-state index contributed by atoms with van der Waals surface area (Å²) in [4.78, 5) is 4.65. The van der Waals surface area contributed by atoms with E-state index >= 15 is 0 Å². The van der Waals surface area contributed by atoms with E-state index < -0.39 is 0 Å². The number of rotatable bonds is 2. The minimum atomic E-state index is 0.742. The van der Waals surface area contributed by atoms with Crippen LogP contribution in [0.25, 0.3) is 21.8 Å². The van der Waals surface area contributed by atoms with Crippen molar-refractivity contribution >= 4 is 22.9 Å². The third-order valence-electron chi connectivity index (χ3n) is 2.68. The van der Waals surface area contributed by atoms with Crippen molar-refractivity contribution in [1.82, 2.24) is 4.98 Å². The largest absolute Gasteiger partial charge is 0.236 e. The zero-order chi connectivity index (χ0) is 12.4. The van der Waals surface area contributed by atoms with Gasteiger partial charge in [0.05, 0.1) is 10.7 Å². The first-order chi connectivity index (χ1) is 8.84. The summed E-state index contributed by atoms with van der Waals surface area (Å²) in [6, 6.07) is 18.0. The predicted octanol–water partition coefficient (Wildman–Crippen LogP) is 5.13. The smallest absolute Gasteiger partial charge is 0.125 e. The van der Waals surface area contributed by atoms with Gasteiger partial charge >= 0.3 is 0 Å². The number of nitrogens with zero attached hydrogens (tertiary/aromatic N) is 1. The highest BCUT2D eigenvalue weighted by Crippen LogP contribution is 2.32. The molecule has 0 saturated carbocycles. The molecular formula is C15H10ClNS. The minimum absolute atomic E-state index is 0.742. The molecule has 0 aliphatic rings. The Morgan fingerprint density at radius 1 is 0.889 bits per heavy atom. The molecule has 0 aliphatic heterocycles. The Hall–Kier alpha value is -1.64. The number of hydrogen-bond acceptors (Lipinski definition) is 2. The molecule has 88 valence electrons. The van der Waals surface area contributed by atoms with Crippen LogP contribution in [0.5, 0.6) is 0 Å². The molecule has 3 rings (SSSR count). The average Bonchev–Trinajstić information content (AvgIpc) is 2.90. The first-order valence-electron chi connectivity index (χ1n) is 5.60. The van der Waals surface area contributed by atoms with Gasteiger partial charge in [-0.15, -0.1) is 11.3 Å². The molecule has 0 atom stereocenters. The maximum absolute atomic E-state index is 6.18. The van der Waals surface area contributed by atoms with Crippen molar-refractivity contribution in [2.45, 2.75) is 0 Å². The highest BCUT2D eigenvalue weighted by atomic mass is 35.5. The summed E-state index contributed by atoms with van der Waals surface area (Å²) in [5, 5.41) is 3.76. The Kier molecular flexibility index (Phi) is 3.13. The van der Waals surface area contributed by atoms with Gasteiger partial charge in [0, 0.05) is 16.5 Å². The summed E-state index contributed by atoms with van der Waals surface area (Å²) in [7, 11) is 0. The number of benzene rings is 2. The van der Waals surface area contributed by atoms with Crippen LogP contribution in [-0.4, -0.2) is 4.98 Å². The summed E-state index contributed by atoms with van der Waals surface area (Å²) in [5.41, 5.74) is 3.12. The molecule has 0 fully saturated rings. The second-order valence-electron chi connectivity index (χ2n) is 3.88. The van der Waals surface area contributed by atoms with E-state index in [1.807, 2.05) is 42.5 Å². The molecular weight excluding hydrogens is 262 g/mol. The Labute approximate surface area is 115 Å². The third kappa shape index (κ3) is 2.17. The van der Waals surface area contributed by atoms with Crippen LogP contribution in [0.2, 0.25) is 5.02 Å². The molecule has 1 nitrogen and oxygen atoms in total. The van der Waals surface area contributed by atoms with Crippen LogP contribution in [0.3, 0.4) is 0 Å². The fourth-order valence-corrected chi connectivity index (χ4v) is 2.92. The molecule has 18 heavy (non-hydrogen) atoms. The van der Waals surface area contributed by atoms with Gasteiger partial charge in [-0.05, 0) is 6.07 Å².